The third kappa shape index (κ3) is 2.63. The molecule has 100 valence electrons. The van der Waals surface area contributed by atoms with Crippen LogP contribution in [-0.4, -0.2) is 13.2 Å². The van der Waals surface area contributed by atoms with Crippen molar-refractivity contribution in [1.29, 1.82) is 0 Å². The summed E-state index contributed by atoms with van der Waals surface area (Å²) in [7, 11) is 0. The van der Waals surface area contributed by atoms with Gasteiger partial charge in [0.2, 0.25) is 0 Å². The van der Waals surface area contributed by atoms with E-state index in [9.17, 15) is 0 Å². The van der Waals surface area contributed by atoms with Crippen LogP contribution in [0.3, 0.4) is 0 Å². The van der Waals surface area contributed by atoms with Crippen LogP contribution >= 0.6 is 15.9 Å². The molecule has 3 nitrogen and oxygen atoms in total. The number of benzene rings is 1. The van der Waals surface area contributed by atoms with E-state index in [0.29, 0.717) is 19.1 Å². The van der Waals surface area contributed by atoms with Gasteiger partial charge in [-0.05, 0) is 29.8 Å². The number of rotatable bonds is 2. The van der Waals surface area contributed by atoms with Crippen molar-refractivity contribution in [1.82, 2.24) is 0 Å². The first-order valence-corrected chi connectivity index (χ1v) is 7.22. The predicted octanol–water partition coefficient (Wildman–Crippen LogP) is 4.17. The summed E-state index contributed by atoms with van der Waals surface area (Å²) in [5.74, 6) is 2.90. The largest absolute Gasteiger partial charge is 0.489 e. The first-order valence-electron chi connectivity index (χ1n) is 6.31. The Bertz CT molecular complexity index is 551. The Morgan fingerprint density at radius 2 is 1.95 bits per heavy atom. The van der Waals surface area contributed by atoms with Gasteiger partial charge in [-0.3, -0.25) is 0 Å². The molecule has 0 bridgehead atoms. The number of halogens is 1. The highest BCUT2D eigenvalue weighted by molar-refractivity contribution is 9.09. The van der Waals surface area contributed by atoms with E-state index in [4.69, 9.17) is 13.9 Å². The van der Waals surface area contributed by atoms with Gasteiger partial charge in [-0.2, -0.15) is 0 Å². The third-order valence-corrected chi connectivity index (χ3v) is 4.08. The fourth-order valence-electron chi connectivity index (χ4n) is 2.03. The summed E-state index contributed by atoms with van der Waals surface area (Å²) in [6.07, 6.45) is 1.67. The van der Waals surface area contributed by atoms with Gasteiger partial charge in [0.15, 0.2) is 11.5 Å². The normalized spacial score (nSPS) is 19.8. The molecule has 0 N–H and O–H groups in total. The molecule has 1 aromatic heterocycles. The third-order valence-electron chi connectivity index (χ3n) is 3.10. The van der Waals surface area contributed by atoms with Gasteiger partial charge in [0.05, 0.1) is 24.3 Å². The zero-order valence-corrected chi connectivity index (χ0v) is 12.2. The topological polar surface area (TPSA) is 31.6 Å². The van der Waals surface area contributed by atoms with Gasteiger partial charge in [0, 0.05) is 5.92 Å². The summed E-state index contributed by atoms with van der Waals surface area (Å²) in [6, 6.07) is 9.83. The van der Waals surface area contributed by atoms with Crippen LogP contribution in [0, 0.1) is 5.92 Å². The molecule has 3 rings (SSSR count). The van der Waals surface area contributed by atoms with E-state index in [-0.39, 0.29) is 4.83 Å². The molecule has 0 saturated carbocycles. The Labute approximate surface area is 120 Å². The van der Waals surface area contributed by atoms with Crippen LogP contribution in [0.1, 0.15) is 23.1 Å². The van der Waals surface area contributed by atoms with Crippen molar-refractivity contribution in [2.24, 2.45) is 5.92 Å². The molecule has 1 aromatic carbocycles. The van der Waals surface area contributed by atoms with Crippen LogP contribution in [0.15, 0.2) is 41.0 Å². The Balaban J connectivity index is 1.89. The molecule has 0 radical (unpaired) electrons. The highest BCUT2D eigenvalue weighted by atomic mass is 79.9. The van der Waals surface area contributed by atoms with Crippen molar-refractivity contribution < 1.29 is 13.9 Å². The standard InChI is InChI=1S/C15H15BrO3/c1-10-8-18-12-5-4-11(7-14(12)19-9-10)15(16)13-3-2-6-17-13/h2-7,10,15H,8-9H2,1H3. The second-order valence-corrected chi connectivity index (χ2v) is 5.73. The summed E-state index contributed by atoms with van der Waals surface area (Å²) >= 11 is 3.64. The van der Waals surface area contributed by atoms with Gasteiger partial charge in [-0.1, -0.05) is 28.9 Å². The number of fused-ring (bicyclic) bond motifs is 1. The van der Waals surface area contributed by atoms with E-state index in [1.165, 1.54) is 0 Å². The molecule has 2 aromatic rings. The Kier molecular flexibility index (Phi) is 3.51. The molecule has 19 heavy (non-hydrogen) atoms. The van der Waals surface area contributed by atoms with Crippen molar-refractivity contribution in [3.63, 3.8) is 0 Å². The number of ether oxygens (including phenoxy) is 2. The molecular formula is C15H15BrO3. The lowest BCUT2D eigenvalue weighted by molar-refractivity contribution is 0.228. The predicted molar refractivity (Wildman–Crippen MR) is 76.1 cm³/mol. The number of alkyl halides is 1. The Morgan fingerprint density at radius 1 is 1.16 bits per heavy atom. The highest BCUT2D eigenvalue weighted by Crippen LogP contribution is 2.37. The molecule has 4 heteroatoms. The van der Waals surface area contributed by atoms with Crippen molar-refractivity contribution in [2.75, 3.05) is 13.2 Å². The average molecular weight is 323 g/mol. The number of furan rings is 1. The zero-order valence-electron chi connectivity index (χ0n) is 10.6. The van der Waals surface area contributed by atoms with Gasteiger partial charge in [-0.15, -0.1) is 0 Å². The molecule has 1 aliphatic rings. The summed E-state index contributed by atoms with van der Waals surface area (Å²) in [6.45, 7) is 3.50. The molecule has 2 unspecified atom stereocenters. The van der Waals surface area contributed by atoms with Gasteiger partial charge in [-0.25, -0.2) is 0 Å². The maximum atomic E-state index is 5.79. The van der Waals surface area contributed by atoms with E-state index < -0.39 is 0 Å². The van der Waals surface area contributed by atoms with E-state index in [1.807, 2.05) is 30.3 Å². The molecule has 2 atom stereocenters. The van der Waals surface area contributed by atoms with Crippen LogP contribution in [0.2, 0.25) is 0 Å². The summed E-state index contributed by atoms with van der Waals surface area (Å²) in [5.41, 5.74) is 1.09. The average Bonchev–Trinajstić information content (AvgIpc) is 2.90. The van der Waals surface area contributed by atoms with Gasteiger partial charge in [0.1, 0.15) is 5.76 Å². The SMILES string of the molecule is CC1COc2ccc(C(Br)c3ccco3)cc2OC1. The lowest BCUT2D eigenvalue weighted by Crippen LogP contribution is -2.12. The molecular weight excluding hydrogens is 308 g/mol. The lowest BCUT2D eigenvalue weighted by atomic mass is 10.1. The van der Waals surface area contributed by atoms with E-state index in [2.05, 4.69) is 22.9 Å². The van der Waals surface area contributed by atoms with E-state index in [0.717, 1.165) is 22.8 Å². The minimum absolute atomic E-state index is 0.0251. The number of hydrogen-bond donors (Lipinski definition) is 0. The van der Waals surface area contributed by atoms with Crippen molar-refractivity contribution in [2.45, 2.75) is 11.8 Å². The van der Waals surface area contributed by atoms with Crippen molar-refractivity contribution >= 4 is 15.9 Å². The molecule has 0 spiro atoms. The van der Waals surface area contributed by atoms with Crippen LogP contribution in [0.25, 0.3) is 0 Å². The number of hydrogen-bond acceptors (Lipinski definition) is 3. The minimum atomic E-state index is 0.0251. The van der Waals surface area contributed by atoms with Gasteiger partial charge < -0.3 is 13.9 Å². The maximum absolute atomic E-state index is 5.79. The highest BCUT2D eigenvalue weighted by Gasteiger charge is 2.19. The van der Waals surface area contributed by atoms with E-state index >= 15 is 0 Å². The van der Waals surface area contributed by atoms with Crippen LogP contribution in [0.5, 0.6) is 11.5 Å². The zero-order chi connectivity index (χ0) is 13.2. The fraction of sp³-hybridized carbons (Fsp3) is 0.333. The maximum Gasteiger partial charge on any atom is 0.161 e. The van der Waals surface area contributed by atoms with Crippen molar-refractivity contribution in [3.8, 4) is 11.5 Å². The molecule has 0 fully saturated rings. The molecule has 1 aliphatic heterocycles. The Hall–Kier alpha value is -1.42. The molecule has 2 heterocycles. The summed E-state index contributed by atoms with van der Waals surface area (Å²) in [5, 5.41) is 0. The van der Waals surface area contributed by atoms with E-state index in [1.54, 1.807) is 6.26 Å². The summed E-state index contributed by atoms with van der Waals surface area (Å²) in [4.78, 5) is 0.0251. The lowest BCUT2D eigenvalue weighted by Gasteiger charge is -2.12. The molecule has 0 saturated heterocycles. The van der Waals surface area contributed by atoms with Crippen LogP contribution in [-0.2, 0) is 0 Å². The quantitative estimate of drug-likeness (QED) is 0.777. The molecule has 0 amide bonds. The fourth-order valence-corrected chi connectivity index (χ4v) is 2.57. The first kappa shape index (κ1) is 12.6. The van der Waals surface area contributed by atoms with Crippen LogP contribution < -0.4 is 9.47 Å². The molecule has 0 aliphatic carbocycles. The first-order chi connectivity index (χ1) is 9.24. The smallest absolute Gasteiger partial charge is 0.161 e. The van der Waals surface area contributed by atoms with Crippen molar-refractivity contribution in [3.05, 3.63) is 47.9 Å². The summed E-state index contributed by atoms with van der Waals surface area (Å²) < 4.78 is 16.9. The van der Waals surface area contributed by atoms with Gasteiger partial charge >= 0.3 is 0 Å². The monoisotopic (exact) mass is 322 g/mol. The van der Waals surface area contributed by atoms with Gasteiger partial charge in [0.25, 0.3) is 0 Å². The minimum Gasteiger partial charge on any atom is -0.489 e. The van der Waals surface area contributed by atoms with Crippen LogP contribution in [0.4, 0.5) is 0 Å². The Morgan fingerprint density at radius 3 is 2.68 bits per heavy atom. The second-order valence-electron chi connectivity index (χ2n) is 4.81. The second kappa shape index (κ2) is 5.29.